The summed E-state index contributed by atoms with van der Waals surface area (Å²) in [7, 11) is -0.0761. The van der Waals surface area contributed by atoms with Crippen LogP contribution in [0.1, 0.15) is 18.4 Å². The number of pyridine rings is 1. The summed E-state index contributed by atoms with van der Waals surface area (Å²) >= 11 is 0. The van der Waals surface area contributed by atoms with Gasteiger partial charge in [-0.15, -0.1) is 0 Å². The average Bonchev–Trinajstić information content (AvgIpc) is 2.40. The Morgan fingerprint density at radius 2 is 1.84 bits per heavy atom. The molecule has 1 fully saturated rings. The maximum atomic E-state index is 12.0. The summed E-state index contributed by atoms with van der Waals surface area (Å²) in [6.45, 7) is 1.24. The van der Waals surface area contributed by atoms with Crippen molar-refractivity contribution in [1.82, 2.24) is 13.6 Å². The van der Waals surface area contributed by atoms with E-state index in [9.17, 15) is 8.42 Å². The lowest BCUT2D eigenvalue weighted by Crippen LogP contribution is -2.44. The normalized spacial score (nSPS) is 18.9. The molecule has 106 valence electrons. The van der Waals surface area contributed by atoms with Crippen LogP contribution in [0, 0.1) is 5.92 Å². The molecule has 1 aromatic heterocycles. The highest BCUT2D eigenvalue weighted by atomic mass is 32.2. The lowest BCUT2D eigenvalue weighted by molar-refractivity contribution is 0.262. The molecule has 0 spiro atoms. The van der Waals surface area contributed by atoms with Crippen molar-refractivity contribution in [2.75, 3.05) is 27.2 Å². The van der Waals surface area contributed by atoms with Crippen LogP contribution >= 0.6 is 0 Å². The van der Waals surface area contributed by atoms with E-state index in [1.54, 1.807) is 30.8 Å². The number of piperidine rings is 1. The van der Waals surface area contributed by atoms with Gasteiger partial charge in [-0.25, -0.2) is 0 Å². The van der Waals surface area contributed by atoms with Gasteiger partial charge in [0.25, 0.3) is 10.2 Å². The summed E-state index contributed by atoms with van der Waals surface area (Å²) < 4.78 is 26.9. The predicted molar refractivity (Wildman–Crippen MR) is 74.8 cm³/mol. The van der Waals surface area contributed by atoms with Crippen LogP contribution in [-0.4, -0.2) is 49.2 Å². The van der Waals surface area contributed by atoms with Crippen molar-refractivity contribution in [2.24, 2.45) is 5.92 Å². The smallest absolute Gasteiger partial charge is 0.265 e. The molecule has 0 saturated carbocycles. The first-order valence-electron chi connectivity index (χ1n) is 6.56. The van der Waals surface area contributed by atoms with Gasteiger partial charge in [-0.05, 0) is 42.9 Å². The molecule has 0 aromatic carbocycles. The molecule has 0 radical (unpaired) electrons. The molecule has 1 saturated heterocycles. The summed E-state index contributed by atoms with van der Waals surface area (Å²) in [5.74, 6) is 0.566. The summed E-state index contributed by atoms with van der Waals surface area (Å²) in [4.78, 5) is 4.01. The number of rotatable bonds is 4. The van der Waals surface area contributed by atoms with E-state index >= 15 is 0 Å². The van der Waals surface area contributed by atoms with Gasteiger partial charge in [0, 0.05) is 39.6 Å². The second-order valence-corrected chi connectivity index (χ2v) is 7.33. The van der Waals surface area contributed by atoms with Crippen LogP contribution in [0.3, 0.4) is 0 Å². The van der Waals surface area contributed by atoms with Gasteiger partial charge in [0.05, 0.1) is 0 Å². The molecule has 0 amide bonds. The third-order valence-corrected chi connectivity index (χ3v) is 5.58. The molecule has 1 aliphatic rings. The van der Waals surface area contributed by atoms with Crippen molar-refractivity contribution in [3.05, 3.63) is 30.1 Å². The van der Waals surface area contributed by atoms with Gasteiger partial charge in [-0.1, -0.05) is 0 Å². The van der Waals surface area contributed by atoms with Crippen LogP contribution < -0.4 is 0 Å². The van der Waals surface area contributed by atoms with Crippen LogP contribution in [0.5, 0.6) is 0 Å². The van der Waals surface area contributed by atoms with E-state index in [1.807, 2.05) is 12.1 Å². The van der Waals surface area contributed by atoms with E-state index in [0.717, 1.165) is 19.3 Å². The van der Waals surface area contributed by atoms with E-state index in [4.69, 9.17) is 0 Å². The Balaban J connectivity index is 1.90. The Morgan fingerprint density at radius 1 is 1.26 bits per heavy atom. The Labute approximate surface area is 115 Å². The van der Waals surface area contributed by atoms with Crippen molar-refractivity contribution >= 4 is 10.2 Å². The zero-order valence-corrected chi connectivity index (χ0v) is 12.3. The van der Waals surface area contributed by atoms with Gasteiger partial charge in [0.15, 0.2) is 0 Å². The Hall–Kier alpha value is -0.980. The van der Waals surface area contributed by atoms with Gasteiger partial charge in [0.1, 0.15) is 0 Å². The zero-order chi connectivity index (χ0) is 13.9. The molecule has 0 atom stereocenters. The minimum atomic E-state index is -3.24. The molecular weight excluding hydrogens is 262 g/mol. The molecule has 0 N–H and O–H groups in total. The molecule has 2 rings (SSSR count). The van der Waals surface area contributed by atoms with Crippen molar-refractivity contribution < 1.29 is 8.42 Å². The first-order chi connectivity index (χ1) is 9.00. The van der Waals surface area contributed by atoms with Crippen LogP contribution in [-0.2, 0) is 16.6 Å². The third kappa shape index (κ3) is 3.52. The fourth-order valence-corrected chi connectivity index (χ4v) is 3.56. The van der Waals surface area contributed by atoms with E-state index in [0.29, 0.717) is 19.0 Å². The topological polar surface area (TPSA) is 53.5 Å². The maximum Gasteiger partial charge on any atom is 0.281 e. The zero-order valence-electron chi connectivity index (χ0n) is 11.5. The quantitative estimate of drug-likeness (QED) is 0.833. The Kier molecular flexibility index (Phi) is 4.54. The van der Waals surface area contributed by atoms with Crippen LogP contribution in [0.15, 0.2) is 24.5 Å². The highest BCUT2D eigenvalue weighted by Crippen LogP contribution is 2.23. The number of nitrogens with zero attached hydrogens (tertiary/aromatic N) is 3. The van der Waals surface area contributed by atoms with E-state index in [1.165, 1.54) is 9.87 Å². The van der Waals surface area contributed by atoms with E-state index < -0.39 is 10.2 Å². The first-order valence-corrected chi connectivity index (χ1v) is 7.96. The standard InChI is InChI=1S/C13H21N3O2S/c1-15(2)19(17,18)16-9-5-13(6-10-16)11-12-3-7-14-8-4-12/h3-4,7-8,13H,5-6,9-11H2,1-2H3. The van der Waals surface area contributed by atoms with Gasteiger partial charge < -0.3 is 0 Å². The SMILES string of the molecule is CN(C)S(=O)(=O)N1CCC(Cc2ccncc2)CC1. The summed E-state index contributed by atoms with van der Waals surface area (Å²) in [6, 6.07) is 4.06. The minimum Gasteiger partial charge on any atom is -0.265 e. The van der Waals surface area contributed by atoms with Crippen LogP contribution in [0.4, 0.5) is 0 Å². The van der Waals surface area contributed by atoms with Gasteiger partial charge in [-0.3, -0.25) is 4.98 Å². The van der Waals surface area contributed by atoms with E-state index in [2.05, 4.69) is 4.98 Å². The number of aromatic nitrogens is 1. The summed E-state index contributed by atoms with van der Waals surface area (Å²) in [6.07, 6.45) is 6.48. The lowest BCUT2D eigenvalue weighted by Gasteiger charge is -2.32. The van der Waals surface area contributed by atoms with Crippen molar-refractivity contribution in [1.29, 1.82) is 0 Å². The highest BCUT2D eigenvalue weighted by Gasteiger charge is 2.29. The second kappa shape index (κ2) is 5.98. The molecule has 1 aliphatic heterocycles. The molecule has 0 aliphatic carbocycles. The van der Waals surface area contributed by atoms with Crippen LogP contribution in [0.2, 0.25) is 0 Å². The minimum absolute atomic E-state index is 0.566. The van der Waals surface area contributed by atoms with Crippen molar-refractivity contribution in [2.45, 2.75) is 19.3 Å². The largest absolute Gasteiger partial charge is 0.281 e. The van der Waals surface area contributed by atoms with Crippen molar-refractivity contribution in [3.8, 4) is 0 Å². The number of hydrogen-bond donors (Lipinski definition) is 0. The summed E-state index contributed by atoms with van der Waals surface area (Å²) in [5.41, 5.74) is 1.28. The van der Waals surface area contributed by atoms with E-state index in [-0.39, 0.29) is 0 Å². The molecule has 5 nitrogen and oxygen atoms in total. The highest BCUT2D eigenvalue weighted by molar-refractivity contribution is 7.86. The molecular formula is C13H21N3O2S. The third-order valence-electron chi connectivity index (χ3n) is 3.63. The van der Waals surface area contributed by atoms with Gasteiger partial charge >= 0.3 is 0 Å². The fraction of sp³-hybridized carbons (Fsp3) is 0.615. The van der Waals surface area contributed by atoms with Gasteiger partial charge in [0.2, 0.25) is 0 Å². The molecule has 2 heterocycles. The van der Waals surface area contributed by atoms with Gasteiger partial charge in [-0.2, -0.15) is 17.0 Å². The molecule has 19 heavy (non-hydrogen) atoms. The Morgan fingerprint density at radius 3 is 2.37 bits per heavy atom. The number of hydrogen-bond acceptors (Lipinski definition) is 3. The lowest BCUT2D eigenvalue weighted by atomic mass is 9.91. The average molecular weight is 283 g/mol. The second-order valence-electron chi connectivity index (χ2n) is 5.19. The molecule has 6 heteroatoms. The molecule has 1 aromatic rings. The summed E-state index contributed by atoms with van der Waals surface area (Å²) in [5, 5.41) is 0. The predicted octanol–water partition coefficient (Wildman–Crippen LogP) is 1.14. The monoisotopic (exact) mass is 283 g/mol. The van der Waals surface area contributed by atoms with Crippen molar-refractivity contribution in [3.63, 3.8) is 0 Å². The maximum absolute atomic E-state index is 12.0. The van der Waals surface area contributed by atoms with Crippen LogP contribution in [0.25, 0.3) is 0 Å². The molecule has 0 bridgehead atoms. The fourth-order valence-electron chi connectivity index (χ4n) is 2.43. The Bertz CT molecular complexity index is 494. The molecule has 0 unspecified atom stereocenters. The first kappa shape index (κ1) is 14.4.